The molecule has 10 heavy (non-hydrogen) atoms. The maximum Gasteiger partial charge on any atom is 0.249 e. The van der Waals surface area contributed by atoms with Gasteiger partial charge in [0, 0.05) is 12.5 Å². The Morgan fingerprint density at radius 1 is 1.70 bits per heavy atom. The van der Waals surface area contributed by atoms with E-state index in [0.717, 1.165) is 13.0 Å². The molecule has 1 heterocycles. The number of rotatable bonds is 2. The van der Waals surface area contributed by atoms with Gasteiger partial charge in [-0.2, -0.15) is 0 Å². The molecule has 1 saturated heterocycles. The molecule has 0 aromatic heterocycles. The number of carbonyl (C=O) groups excluding carboxylic acids is 1. The van der Waals surface area contributed by atoms with Crippen LogP contribution in [0, 0.1) is 0 Å². The highest BCUT2D eigenvalue weighted by atomic mass is 16.5. The van der Waals surface area contributed by atoms with Crippen LogP contribution >= 0.6 is 0 Å². The lowest BCUT2D eigenvalue weighted by Gasteiger charge is -2.25. The van der Waals surface area contributed by atoms with Gasteiger partial charge in [-0.15, -0.1) is 0 Å². The molecular weight excluding hydrogens is 130 g/mol. The van der Waals surface area contributed by atoms with Crippen LogP contribution in [0.1, 0.15) is 20.3 Å². The highest BCUT2D eigenvalue weighted by Crippen LogP contribution is 2.10. The van der Waals surface area contributed by atoms with Gasteiger partial charge < -0.3 is 10.1 Å². The van der Waals surface area contributed by atoms with Crippen LogP contribution in [0.4, 0.5) is 0 Å². The summed E-state index contributed by atoms with van der Waals surface area (Å²) < 4.78 is 4.98. The van der Waals surface area contributed by atoms with Gasteiger partial charge >= 0.3 is 0 Å². The fourth-order valence-electron chi connectivity index (χ4n) is 0.820. The molecule has 1 aliphatic rings. The second-order valence-electron chi connectivity index (χ2n) is 2.81. The summed E-state index contributed by atoms with van der Waals surface area (Å²) in [5.74, 6) is 0.0289. The third-order valence-corrected chi connectivity index (χ3v) is 1.42. The normalized spacial score (nSPS) is 24.1. The monoisotopic (exact) mass is 143 g/mol. The average molecular weight is 143 g/mol. The van der Waals surface area contributed by atoms with Crippen molar-refractivity contribution in [2.75, 3.05) is 6.61 Å². The molecule has 0 spiro atoms. The Hall–Kier alpha value is -0.570. The van der Waals surface area contributed by atoms with E-state index >= 15 is 0 Å². The smallest absolute Gasteiger partial charge is 0.249 e. The first-order valence-electron chi connectivity index (χ1n) is 3.62. The van der Waals surface area contributed by atoms with Gasteiger partial charge in [-0.1, -0.05) is 0 Å². The minimum absolute atomic E-state index is 0.0289. The van der Waals surface area contributed by atoms with Gasteiger partial charge in [0.15, 0.2) is 0 Å². The van der Waals surface area contributed by atoms with Crippen LogP contribution in [0.15, 0.2) is 0 Å². The van der Waals surface area contributed by atoms with Gasteiger partial charge in [0.05, 0.1) is 6.61 Å². The summed E-state index contributed by atoms with van der Waals surface area (Å²) in [4.78, 5) is 11.0. The molecular formula is C7H13NO2. The van der Waals surface area contributed by atoms with E-state index < -0.39 is 0 Å². The number of ether oxygens (including phenoxy) is 1. The zero-order chi connectivity index (χ0) is 7.56. The molecule has 3 heteroatoms. The molecule has 0 aromatic rings. The van der Waals surface area contributed by atoms with Gasteiger partial charge in [-0.3, -0.25) is 4.79 Å². The largest absolute Gasteiger partial charge is 0.368 e. The van der Waals surface area contributed by atoms with E-state index in [1.54, 1.807) is 0 Å². The standard InChI is InChI=1S/C7H13NO2/c1-5(2)8-7(9)6-3-4-10-6/h5-6H,3-4H2,1-2H3,(H,8,9). The Morgan fingerprint density at radius 3 is 2.60 bits per heavy atom. The summed E-state index contributed by atoms with van der Waals surface area (Å²) in [5.41, 5.74) is 0. The molecule has 1 fully saturated rings. The molecule has 1 atom stereocenters. The Morgan fingerprint density at radius 2 is 2.30 bits per heavy atom. The number of nitrogens with one attached hydrogen (secondary N) is 1. The zero-order valence-electron chi connectivity index (χ0n) is 6.39. The average Bonchev–Trinajstić information content (AvgIpc) is 1.55. The summed E-state index contributed by atoms with van der Waals surface area (Å²) in [6.45, 7) is 4.61. The van der Waals surface area contributed by atoms with Crippen molar-refractivity contribution in [2.45, 2.75) is 32.4 Å². The van der Waals surface area contributed by atoms with Crippen LogP contribution in [-0.4, -0.2) is 24.7 Å². The second kappa shape index (κ2) is 3.01. The number of hydrogen-bond donors (Lipinski definition) is 1. The molecule has 0 aromatic carbocycles. The highest BCUT2D eigenvalue weighted by molar-refractivity contribution is 5.81. The van der Waals surface area contributed by atoms with E-state index in [0.29, 0.717) is 0 Å². The van der Waals surface area contributed by atoms with Gasteiger partial charge in [0.25, 0.3) is 0 Å². The third kappa shape index (κ3) is 1.70. The van der Waals surface area contributed by atoms with E-state index in [9.17, 15) is 4.79 Å². The van der Waals surface area contributed by atoms with Crippen molar-refractivity contribution >= 4 is 5.91 Å². The Labute approximate surface area is 60.7 Å². The Balaban J connectivity index is 2.20. The maximum absolute atomic E-state index is 11.0. The van der Waals surface area contributed by atoms with Crippen molar-refractivity contribution in [1.82, 2.24) is 5.32 Å². The van der Waals surface area contributed by atoms with Crippen molar-refractivity contribution in [1.29, 1.82) is 0 Å². The predicted molar refractivity (Wildman–Crippen MR) is 37.6 cm³/mol. The van der Waals surface area contributed by atoms with Crippen LogP contribution < -0.4 is 5.32 Å². The molecule has 1 aliphatic heterocycles. The van der Waals surface area contributed by atoms with E-state index in [1.807, 2.05) is 13.8 Å². The van der Waals surface area contributed by atoms with Gasteiger partial charge in [-0.25, -0.2) is 0 Å². The van der Waals surface area contributed by atoms with Crippen LogP contribution in [0.3, 0.4) is 0 Å². The lowest BCUT2D eigenvalue weighted by atomic mass is 10.2. The summed E-state index contributed by atoms with van der Waals surface area (Å²) in [5, 5.41) is 2.78. The van der Waals surface area contributed by atoms with Crippen molar-refractivity contribution in [2.24, 2.45) is 0 Å². The minimum atomic E-state index is -0.164. The van der Waals surface area contributed by atoms with Gasteiger partial charge in [0.1, 0.15) is 6.10 Å². The molecule has 1 unspecified atom stereocenters. The molecule has 3 nitrogen and oxygen atoms in total. The Bertz CT molecular complexity index is 130. The fraction of sp³-hybridized carbons (Fsp3) is 0.857. The number of hydrogen-bond acceptors (Lipinski definition) is 2. The molecule has 0 saturated carbocycles. The van der Waals surface area contributed by atoms with Crippen molar-refractivity contribution in [3.8, 4) is 0 Å². The quantitative estimate of drug-likeness (QED) is 0.603. The molecule has 1 rings (SSSR count). The lowest BCUT2D eigenvalue weighted by molar-refractivity contribution is -0.145. The molecule has 0 bridgehead atoms. The first kappa shape index (κ1) is 7.54. The van der Waals surface area contributed by atoms with E-state index in [4.69, 9.17) is 4.74 Å². The topological polar surface area (TPSA) is 38.3 Å². The fourth-order valence-corrected chi connectivity index (χ4v) is 0.820. The molecule has 58 valence electrons. The SMILES string of the molecule is CC(C)NC(=O)C1CCO1. The van der Waals surface area contributed by atoms with Gasteiger partial charge in [0.2, 0.25) is 5.91 Å². The first-order valence-corrected chi connectivity index (χ1v) is 3.62. The van der Waals surface area contributed by atoms with Crippen molar-refractivity contribution in [3.63, 3.8) is 0 Å². The van der Waals surface area contributed by atoms with Crippen LogP contribution in [0.2, 0.25) is 0 Å². The van der Waals surface area contributed by atoms with Crippen LogP contribution in [-0.2, 0) is 9.53 Å². The van der Waals surface area contributed by atoms with Crippen LogP contribution in [0.5, 0.6) is 0 Å². The maximum atomic E-state index is 11.0. The second-order valence-corrected chi connectivity index (χ2v) is 2.81. The zero-order valence-corrected chi connectivity index (χ0v) is 6.39. The summed E-state index contributed by atoms with van der Waals surface area (Å²) >= 11 is 0. The minimum Gasteiger partial charge on any atom is -0.368 e. The molecule has 1 amide bonds. The van der Waals surface area contributed by atoms with Crippen molar-refractivity contribution in [3.05, 3.63) is 0 Å². The highest BCUT2D eigenvalue weighted by Gasteiger charge is 2.26. The summed E-state index contributed by atoms with van der Waals surface area (Å²) in [6.07, 6.45) is 0.709. The van der Waals surface area contributed by atoms with E-state index in [1.165, 1.54) is 0 Å². The predicted octanol–water partition coefficient (Wildman–Crippen LogP) is 0.300. The van der Waals surface area contributed by atoms with E-state index in [2.05, 4.69) is 5.32 Å². The molecule has 0 radical (unpaired) electrons. The van der Waals surface area contributed by atoms with Crippen LogP contribution in [0.25, 0.3) is 0 Å². The molecule has 1 N–H and O–H groups in total. The third-order valence-electron chi connectivity index (χ3n) is 1.42. The summed E-state index contributed by atoms with van der Waals surface area (Å²) in [6, 6.07) is 0.219. The first-order chi connectivity index (χ1) is 4.70. The number of amides is 1. The molecule has 0 aliphatic carbocycles. The van der Waals surface area contributed by atoms with E-state index in [-0.39, 0.29) is 18.1 Å². The lowest BCUT2D eigenvalue weighted by Crippen LogP contribution is -2.45. The van der Waals surface area contributed by atoms with Crippen molar-refractivity contribution < 1.29 is 9.53 Å². The number of carbonyl (C=O) groups is 1. The van der Waals surface area contributed by atoms with Gasteiger partial charge in [-0.05, 0) is 13.8 Å². The Kier molecular flexibility index (Phi) is 2.27. The summed E-state index contributed by atoms with van der Waals surface area (Å²) in [7, 11) is 0.